The number of carbonyl (C=O) groups is 2. The van der Waals surface area contributed by atoms with Crippen LogP contribution in [0.4, 0.5) is 0 Å². The molecule has 0 saturated carbocycles. The molecule has 0 radical (unpaired) electrons. The van der Waals surface area contributed by atoms with Gasteiger partial charge in [-0.25, -0.2) is 0 Å². The highest BCUT2D eigenvalue weighted by Gasteiger charge is 1.98. The number of Topliss-reactive ketones (excluding diaryl/α,β-unsaturated/α-hetero) is 2. The molecule has 0 heterocycles. The van der Waals surface area contributed by atoms with Crippen molar-refractivity contribution in [2.45, 2.75) is 98.3 Å². The molecule has 0 N–H and O–H groups in total. The molecule has 19 heavy (non-hydrogen) atoms. The van der Waals surface area contributed by atoms with E-state index in [1.807, 2.05) is 6.92 Å². The van der Waals surface area contributed by atoms with Crippen molar-refractivity contribution in [1.82, 2.24) is 0 Å². The van der Waals surface area contributed by atoms with Crippen LogP contribution in [0.1, 0.15) is 98.3 Å². The van der Waals surface area contributed by atoms with Crippen LogP contribution in [-0.2, 0) is 9.59 Å². The second-order valence-electron chi connectivity index (χ2n) is 5.10. The Morgan fingerprint density at radius 1 is 0.579 bits per heavy atom. The van der Waals surface area contributed by atoms with Crippen LogP contribution in [0.3, 0.4) is 0 Å². The molecular weight excluding hydrogens is 236 g/mol. The van der Waals surface area contributed by atoms with Gasteiger partial charge in [-0.1, -0.05) is 53.4 Å². The van der Waals surface area contributed by atoms with Crippen molar-refractivity contribution >= 4 is 11.6 Å². The van der Waals surface area contributed by atoms with Crippen molar-refractivity contribution in [2.24, 2.45) is 0 Å². The molecule has 2 heteroatoms. The van der Waals surface area contributed by atoms with Gasteiger partial charge in [-0.3, -0.25) is 9.59 Å². The van der Waals surface area contributed by atoms with Crippen LogP contribution in [0.15, 0.2) is 0 Å². The van der Waals surface area contributed by atoms with E-state index in [-0.39, 0.29) is 0 Å². The lowest BCUT2D eigenvalue weighted by atomic mass is 10.1. The summed E-state index contributed by atoms with van der Waals surface area (Å²) in [7, 11) is 0. The first-order valence-electron chi connectivity index (χ1n) is 8.15. The molecule has 2 nitrogen and oxygen atoms in total. The van der Waals surface area contributed by atoms with E-state index in [2.05, 4.69) is 20.8 Å². The molecule has 0 aromatic carbocycles. The number of carbonyl (C=O) groups excluding carboxylic acids is 2. The summed E-state index contributed by atoms with van der Waals surface area (Å²) in [5.74, 6) is 0.843. The van der Waals surface area contributed by atoms with Crippen molar-refractivity contribution < 1.29 is 9.59 Å². The van der Waals surface area contributed by atoms with Crippen molar-refractivity contribution in [3.05, 3.63) is 0 Å². The summed E-state index contributed by atoms with van der Waals surface area (Å²) < 4.78 is 0. The molecule has 0 aromatic heterocycles. The monoisotopic (exact) mass is 270 g/mol. The predicted octanol–water partition coefficient (Wildman–Crippen LogP) is 5.48. The van der Waals surface area contributed by atoms with Crippen molar-refractivity contribution in [3.63, 3.8) is 0 Å². The largest absolute Gasteiger partial charge is 0.300 e. The van der Waals surface area contributed by atoms with Gasteiger partial charge in [0.15, 0.2) is 0 Å². The van der Waals surface area contributed by atoms with Gasteiger partial charge in [0, 0.05) is 25.7 Å². The van der Waals surface area contributed by atoms with E-state index in [4.69, 9.17) is 0 Å². The van der Waals surface area contributed by atoms with Crippen LogP contribution in [0, 0.1) is 0 Å². The summed E-state index contributed by atoms with van der Waals surface area (Å²) in [5.41, 5.74) is 0. The fourth-order valence-corrected chi connectivity index (χ4v) is 1.70. The zero-order valence-corrected chi connectivity index (χ0v) is 13.6. The Hall–Kier alpha value is -0.660. The van der Waals surface area contributed by atoms with Gasteiger partial charge in [-0.2, -0.15) is 0 Å². The molecule has 0 atom stereocenters. The Morgan fingerprint density at radius 3 is 1.63 bits per heavy atom. The number of hydrogen-bond donors (Lipinski definition) is 0. The molecule has 0 amide bonds. The molecule has 0 saturated heterocycles. The van der Waals surface area contributed by atoms with E-state index in [0.29, 0.717) is 18.0 Å². The van der Waals surface area contributed by atoms with Gasteiger partial charge in [0.1, 0.15) is 11.6 Å². The van der Waals surface area contributed by atoms with Crippen LogP contribution in [-0.4, -0.2) is 11.6 Å². The fourth-order valence-electron chi connectivity index (χ4n) is 1.70. The summed E-state index contributed by atoms with van der Waals surface area (Å²) in [4.78, 5) is 21.6. The Balaban J connectivity index is 0. The Morgan fingerprint density at radius 2 is 1.16 bits per heavy atom. The molecule has 0 bridgehead atoms. The molecule has 0 aliphatic carbocycles. The second kappa shape index (κ2) is 17.3. The summed E-state index contributed by atoms with van der Waals surface area (Å²) in [6, 6.07) is 0. The highest BCUT2D eigenvalue weighted by atomic mass is 16.1. The molecule has 0 spiro atoms. The molecule has 0 fully saturated rings. The van der Waals surface area contributed by atoms with Crippen LogP contribution in [0.25, 0.3) is 0 Å². The molecule has 0 aliphatic heterocycles. The summed E-state index contributed by atoms with van der Waals surface area (Å²) in [6.45, 7) is 8.26. The lowest BCUT2D eigenvalue weighted by molar-refractivity contribution is -0.119. The first kappa shape index (κ1) is 20.7. The quantitative estimate of drug-likeness (QED) is 0.466. The van der Waals surface area contributed by atoms with E-state index in [1.165, 1.54) is 19.3 Å². The van der Waals surface area contributed by atoms with Crippen LogP contribution in [0.2, 0.25) is 0 Å². The second-order valence-corrected chi connectivity index (χ2v) is 5.10. The topological polar surface area (TPSA) is 34.1 Å². The molecule has 0 unspecified atom stereocenters. The first-order chi connectivity index (χ1) is 9.12. The summed E-state index contributed by atoms with van der Waals surface area (Å²) in [6.07, 6.45) is 11.2. The van der Waals surface area contributed by atoms with E-state index < -0.39 is 0 Å². The smallest absolute Gasteiger partial charge is 0.132 e. The molecular formula is C17H34O2. The average Bonchev–Trinajstić information content (AvgIpc) is 2.42. The molecule has 114 valence electrons. The molecule has 0 aromatic rings. The number of unbranched alkanes of at least 4 members (excludes halogenated alkanes) is 4. The fraction of sp³-hybridized carbons (Fsp3) is 0.882. The van der Waals surface area contributed by atoms with Gasteiger partial charge >= 0.3 is 0 Å². The zero-order valence-electron chi connectivity index (χ0n) is 13.6. The van der Waals surface area contributed by atoms with Crippen molar-refractivity contribution in [3.8, 4) is 0 Å². The predicted molar refractivity (Wildman–Crippen MR) is 83.5 cm³/mol. The minimum Gasteiger partial charge on any atom is -0.300 e. The van der Waals surface area contributed by atoms with Crippen LogP contribution >= 0.6 is 0 Å². The standard InChI is InChI=1S/C10H20O.C7H14O/c1-3-5-6-7-9-10(11)8-4-2;1-3-5-6-7(8)4-2/h3-9H2,1-2H3;3-6H2,1-2H3. The third-order valence-electron chi connectivity index (χ3n) is 3.04. The highest BCUT2D eigenvalue weighted by molar-refractivity contribution is 5.78. The maximum absolute atomic E-state index is 11.0. The average molecular weight is 270 g/mol. The zero-order chi connectivity index (χ0) is 14.9. The maximum Gasteiger partial charge on any atom is 0.132 e. The van der Waals surface area contributed by atoms with E-state index in [0.717, 1.165) is 44.9 Å². The minimum absolute atomic E-state index is 0.395. The number of rotatable bonds is 11. The van der Waals surface area contributed by atoms with Crippen LogP contribution in [0.5, 0.6) is 0 Å². The highest BCUT2D eigenvalue weighted by Crippen LogP contribution is 2.05. The SMILES string of the molecule is CCCCC(=O)CC.CCCCCCC(=O)CCC. The lowest BCUT2D eigenvalue weighted by Gasteiger charge is -1.97. The Kier molecular flexibility index (Phi) is 18.8. The third kappa shape index (κ3) is 19.8. The minimum atomic E-state index is 0.395. The van der Waals surface area contributed by atoms with Crippen molar-refractivity contribution in [1.29, 1.82) is 0 Å². The number of ketones is 2. The van der Waals surface area contributed by atoms with Gasteiger partial charge in [0.05, 0.1) is 0 Å². The summed E-state index contributed by atoms with van der Waals surface area (Å²) in [5, 5.41) is 0. The Labute approximate surface area is 120 Å². The first-order valence-corrected chi connectivity index (χ1v) is 8.15. The van der Waals surface area contributed by atoms with Crippen molar-refractivity contribution in [2.75, 3.05) is 0 Å². The van der Waals surface area contributed by atoms with Gasteiger partial charge in [0.2, 0.25) is 0 Å². The van der Waals surface area contributed by atoms with E-state index in [9.17, 15) is 9.59 Å². The third-order valence-corrected chi connectivity index (χ3v) is 3.04. The maximum atomic E-state index is 11.0. The van der Waals surface area contributed by atoms with E-state index >= 15 is 0 Å². The molecule has 0 aliphatic rings. The van der Waals surface area contributed by atoms with E-state index in [1.54, 1.807) is 0 Å². The Bertz CT molecular complexity index is 209. The normalized spacial score (nSPS) is 9.68. The van der Waals surface area contributed by atoms with Gasteiger partial charge in [0.25, 0.3) is 0 Å². The van der Waals surface area contributed by atoms with Crippen LogP contribution < -0.4 is 0 Å². The molecule has 0 rings (SSSR count). The van der Waals surface area contributed by atoms with Gasteiger partial charge < -0.3 is 0 Å². The van der Waals surface area contributed by atoms with Gasteiger partial charge in [-0.15, -0.1) is 0 Å². The number of hydrogen-bond acceptors (Lipinski definition) is 2. The summed E-state index contributed by atoms with van der Waals surface area (Å²) >= 11 is 0. The van der Waals surface area contributed by atoms with Gasteiger partial charge in [-0.05, 0) is 19.3 Å². The lowest BCUT2D eigenvalue weighted by Crippen LogP contribution is -1.95.